The summed E-state index contributed by atoms with van der Waals surface area (Å²) in [5.41, 5.74) is 2.14. The number of ether oxygens (including phenoxy) is 1. The Morgan fingerprint density at radius 1 is 1.56 bits per heavy atom. The SMILES string of the molecule is COc1c(Br)cc(C)cc1C(CC(=O)O)C1CC1. The van der Waals surface area contributed by atoms with Gasteiger partial charge in [0.1, 0.15) is 5.75 Å². The van der Waals surface area contributed by atoms with Crippen LogP contribution in [0.5, 0.6) is 5.75 Å². The van der Waals surface area contributed by atoms with Gasteiger partial charge in [-0.25, -0.2) is 0 Å². The van der Waals surface area contributed by atoms with Crippen LogP contribution in [0.2, 0.25) is 0 Å². The molecule has 1 aliphatic carbocycles. The minimum atomic E-state index is -0.744. The fourth-order valence-electron chi connectivity index (χ4n) is 2.46. The van der Waals surface area contributed by atoms with Crippen molar-refractivity contribution in [2.75, 3.05) is 7.11 Å². The molecule has 0 heterocycles. The topological polar surface area (TPSA) is 46.5 Å². The maximum Gasteiger partial charge on any atom is 0.303 e. The van der Waals surface area contributed by atoms with E-state index in [1.54, 1.807) is 7.11 Å². The van der Waals surface area contributed by atoms with Gasteiger partial charge in [0.05, 0.1) is 18.0 Å². The van der Waals surface area contributed by atoms with Gasteiger partial charge in [-0.15, -0.1) is 0 Å². The largest absolute Gasteiger partial charge is 0.495 e. The fraction of sp³-hybridized carbons (Fsp3) is 0.500. The van der Waals surface area contributed by atoms with E-state index in [4.69, 9.17) is 9.84 Å². The Bertz CT molecular complexity index is 466. The number of hydrogen-bond acceptors (Lipinski definition) is 2. The van der Waals surface area contributed by atoms with Crippen LogP contribution in [0.25, 0.3) is 0 Å². The quantitative estimate of drug-likeness (QED) is 0.901. The van der Waals surface area contributed by atoms with Crippen molar-refractivity contribution in [3.05, 3.63) is 27.7 Å². The third-order valence-electron chi connectivity index (χ3n) is 3.41. The number of benzene rings is 1. The average molecular weight is 313 g/mol. The van der Waals surface area contributed by atoms with Crippen LogP contribution in [-0.2, 0) is 4.79 Å². The normalized spacial score (nSPS) is 16.4. The van der Waals surface area contributed by atoms with Gasteiger partial charge in [-0.3, -0.25) is 4.79 Å². The Balaban J connectivity index is 2.42. The van der Waals surface area contributed by atoms with Gasteiger partial charge in [0.2, 0.25) is 0 Å². The first kappa shape index (κ1) is 13.4. The van der Waals surface area contributed by atoms with Gasteiger partial charge in [0.25, 0.3) is 0 Å². The average Bonchev–Trinajstić information content (AvgIpc) is 3.08. The van der Waals surface area contributed by atoms with E-state index in [0.717, 1.165) is 34.2 Å². The molecule has 0 aliphatic heterocycles. The van der Waals surface area contributed by atoms with Crippen molar-refractivity contribution in [1.29, 1.82) is 0 Å². The fourth-order valence-corrected chi connectivity index (χ4v) is 3.22. The molecule has 0 spiro atoms. The second-order valence-electron chi connectivity index (χ2n) is 4.91. The van der Waals surface area contributed by atoms with Crippen LogP contribution >= 0.6 is 15.9 Å². The molecule has 1 N–H and O–H groups in total. The Kier molecular flexibility index (Phi) is 3.95. The van der Waals surface area contributed by atoms with Crippen molar-refractivity contribution >= 4 is 21.9 Å². The van der Waals surface area contributed by atoms with Gasteiger partial charge < -0.3 is 9.84 Å². The summed E-state index contributed by atoms with van der Waals surface area (Å²) in [6, 6.07) is 4.04. The lowest BCUT2D eigenvalue weighted by Gasteiger charge is -2.19. The van der Waals surface area contributed by atoms with Gasteiger partial charge in [0, 0.05) is 5.92 Å². The lowest BCUT2D eigenvalue weighted by molar-refractivity contribution is -0.137. The second-order valence-corrected chi connectivity index (χ2v) is 5.77. The minimum absolute atomic E-state index is 0.0636. The van der Waals surface area contributed by atoms with Gasteiger partial charge >= 0.3 is 5.97 Å². The number of methoxy groups -OCH3 is 1. The van der Waals surface area contributed by atoms with E-state index in [9.17, 15) is 4.79 Å². The third kappa shape index (κ3) is 2.86. The zero-order valence-electron chi connectivity index (χ0n) is 10.6. The zero-order valence-corrected chi connectivity index (χ0v) is 12.2. The second kappa shape index (κ2) is 5.31. The van der Waals surface area contributed by atoms with Crippen LogP contribution in [0.1, 0.15) is 36.3 Å². The number of carbonyl (C=O) groups is 1. The minimum Gasteiger partial charge on any atom is -0.495 e. The van der Waals surface area contributed by atoms with Crippen LogP contribution in [-0.4, -0.2) is 18.2 Å². The molecule has 3 nitrogen and oxygen atoms in total. The van der Waals surface area contributed by atoms with E-state index in [0.29, 0.717) is 5.92 Å². The zero-order chi connectivity index (χ0) is 13.3. The van der Waals surface area contributed by atoms with Crippen LogP contribution in [0.15, 0.2) is 16.6 Å². The molecule has 1 saturated carbocycles. The van der Waals surface area contributed by atoms with E-state index >= 15 is 0 Å². The molecule has 1 aromatic carbocycles. The summed E-state index contributed by atoms with van der Waals surface area (Å²) >= 11 is 3.49. The molecule has 0 bridgehead atoms. The van der Waals surface area contributed by atoms with Gasteiger partial charge in [-0.05, 0) is 58.8 Å². The summed E-state index contributed by atoms with van der Waals surface area (Å²) < 4.78 is 6.33. The summed E-state index contributed by atoms with van der Waals surface area (Å²) in [6.07, 6.45) is 2.41. The lowest BCUT2D eigenvalue weighted by atomic mass is 9.89. The van der Waals surface area contributed by atoms with E-state index in [2.05, 4.69) is 22.0 Å². The van der Waals surface area contributed by atoms with E-state index in [-0.39, 0.29) is 12.3 Å². The molecule has 0 amide bonds. The summed E-state index contributed by atoms with van der Waals surface area (Å²) in [7, 11) is 1.63. The molecule has 2 rings (SSSR count). The molecule has 1 unspecified atom stereocenters. The van der Waals surface area contributed by atoms with Crippen molar-refractivity contribution in [2.45, 2.75) is 32.1 Å². The summed E-state index contributed by atoms with van der Waals surface area (Å²) in [5.74, 6) is 0.586. The van der Waals surface area contributed by atoms with Crippen molar-refractivity contribution in [3.63, 3.8) is 0 Å². The maximum atomic E-state index is 11.0. The highest BCUT2D eigenvalue weighted by molar-refractivity contribution is 9.10. The molecule has 1 fully saturated rings. The molecule has 18 heavy (non-hydrogen) atoms. The number of carboxylic acid groups (broad SMARTS) is 1. The highest BCUT2D eigenvalue weighted by Gasteiger charge is 2.35. The predicted molar refractivity (Wildman–Crippen MR) is 73.1 cm³/mol. The first-order valence-corrected chi connectivity index (χ1v) is 6.88. The Morgan fingerprint density at radius 2 is 2.22 bits per heavy atom. The smallest absolute Gasteiger partial charge is 0.303 e. The van der Waals surface area contributed by atoms with E-state index < -0.39 is 5.97 Å². The Hall–Kier alpha value is -1.03. The number of halogens is 1. The summed E-state index contributed by atoms with van der Waals surface area (Å²) in [5, 5.41) is 9.07. The van der Waals surface area contributed by atoms with Crippen LogP contribution in [0.4, 0.5) is 0 Å². The molecule has 0 saturated heterocycles. The summed E-state index contributed by atoms with van der Waals surface area (Å²) in [6.45, 7) is 2.01. The standard InChI is InChI=1S/C14H17BrO3/c1-8-5-11(14(18-2)12(15)6-8)10(7-13(16)17)9-3-4-9/h5-6,9-10H,3-4,7H2,1-2H3,(H,16,17). The lowest BCUT2D eigenvalue weighted by Crippen LogP contribution is -2.10. The number of hydrogen-bond donors (Lipinski definition) is 1. The highest BCUT2D eigenvalue weighted by atomic mass is 79.9. The Morgan fingerprint density at radius 3 is 2.72 bits per heavy atom. The monoisotopic (exact) mass is 312 g/mol. The first-order chi connectivity index (χ1) is 8.52. The molecule has 1 atom stereocenters. The molecular weight excluding hydrogens is 296 g/mol. The molecule has 1 aromatic rings. The number of aryl methyl sites for hydroxylation is 1. The predicted octanol–water partition coefficient (Wildman–Crippen LogP) is 3.73. The van der Waals surface area contributed by atoms with Gasteiger partial charge in [0.15, 0.2) is 0 Å². The Labute approximate surface area is 115 Å². The summed E-state index contributed by atoms with van der Waals surface area (Å²) in [4.78, 5) is 11.0. The molecule has 0 radical (unpaired) electrons. The number of rotatable bonds is 5. The maximum absolute atomic E-state index is 11.0. The van der Waals surface area contributed by atoms with Crippen molar-refractivity contribution in [2.24, 2.45) is 5.92 Å². The first-order valence-electron chi connectivity index (χ1n) is 6.08. The van der Waals surface area contributed by atoms with Crippen LogP contribution in [0.3, 0.4) is 0 Å². The molecule has 1 aliphatic rings. The van der Waals surface area contributed by atoms with Crippen molar-refractivity contribution in [1.82, 2.24) is 0 Å². The van der Waals surface area contributed by atoms with Crippen LogP contribution < -0.4 is 4.74 Å². The van der Waals surface area contributed by atoms with Crippen molar-refractivity contribution < 1.29 is 14.6 Å². The van der Waals surface area contributed by atoms with E-state index in [1.165, 1.54) is 0 Å². The number of carboxylic acids is 1. The van der Waals surface area contributed by atoms with Crippen LogP contribution in [0, 0.1) is 12.8 Å². The third-order valence-corrected chi connectivity index (χ3v) is 3.99. The van der Waals surface area contributed by atoms with Crippen molar-refractivity contribution in [3.8, 4) is 5.75 Å². The molecular formula is C14H17BrO3. The number of aliphatic carboxylic acids is 1. The molecule has 4 heteroatoms. The highest BCUT2D eigenvalue weighted by Crippen LogP contribution is 2.48. The molecule has 0 aromatic heterocycles. The van der Waals surface area contributed by atoms with Gasteiger partial charge in [-0.1, -0.05) is 6.07 Å². The molecule has 98 valence electrons. The van der Waals surface area contributed by atoms with Gasteiger partial charge in [-0.2, -0.15) is 0 Å². The van der Waals surface area contributed by atoms with E-state index in [1.807, 2.05) is 13.0 Å².